The van der Waals surface area contributed by atoms with Gasteiger partial charge in [0, 0.05) is 84.6 Å². The summed E-state index contributed by atoms with van der Waals surface area (Å²) in [5, 5.41) is 20.6. The van der Waals surface area contributed by atoms with Crippen LogP contribution in [-0.2, 0) is 0 Å². The lowest BCUT2D eigenvalue weighted by Gasteiger charge is -2.26. The van der Waals surface area contributed by atoms with E-state index in [0.29, 0.717) is 22.6 Å². The Bertz CT molecular complexity index is 4510. The van der Waals surface area contributed by atoms with E-state index < -0.39 is 0 Å². The van der Waals surface area contributed by atoms with Crippen LogP contribution in [0, 0.1) is 17.9 Å². The fourth-order valence-electron chi connectivity index (χ4n) is 11.7. The standard InChI is InChI=1S/C68H40N6S2/c1-70-54-39-59(73-57-32-18-30-55(71(44-20-6-2-7-21-44)45-22-8-3-9-23-45)67(57)52-37-50-48-28-14-16-34-63(48)75-65(50)40-60(52)73)43(42-69)36-62(54)74-58-33-19-31-56(72(46-24-10-4-11-25-46)47-26-12-5-13-27-47)68(58)53-38-51-49-29-15-17-35-64(49)76-66(51)41-61(53)74/h2-41H. The highest BCUT2D eigenvalue weighted by molar-refractivity contribution is 7.26. The minimum atomic E-state index is 0.432. The second-order valence-corrected chi connectivity index (χ2v) is 21.2. The Kier molecular flexibility index (Phi) is 9.95. The lowest BCUT2D eigenvalue weighted by molar-refractivity contribution is 1.14. The first kappa shape index (κ1) is 43.6. The molecule has 76 heavy (non-hydrogen) atoms. The van der Waals surface area contributed by atoms with Crippen molar-refractivity contribution in [3.05, 3.63) is 260 Å². The number of thiophene rings is 2. The number of nitrogens with zero attached hydrogens (tertiary/aromatic N) is 6. The molecule has 0 saturated carbocycles. The summed E-state index contributed by atoms with van der Waals surface area (Å²) in [5.41, 5.74) is 12.1. The monoisotopic (exact) mass is 1000 g/mol. The molecule has 0 aliphatic heterocycles. The summed E-state index contributed by atoms with van der Waals surface area (Å²) in [6.45, 7) is 9.08. The molecule has 0 radical (unpaired) electrons. The number of hydrogen-bond acceptors (Lipinski definition) is 5. The van der Waals surface area contributed by atoms with Gasteiger partial charge in [-0.3, -0.25) is 0 Å². The van der Waals surface area contributed by atoms with Crippen LogP contribution in [0.15, 0.2) is 243 Å². The number of aromatic nitrogens is 2. The Morgan fingerprint density at radius 2 is 0.776 bits per heavy atom. The topological polar surface area (TPSA) is 44.5 Å². The van der Waals surface area contributed by atoms with Crippen molar-refractivity contribution in [1.82, 2.24) is 9.13 Å². The van der Waals surface area contributed by atoms with E-state index in [1.165, 1.54) is 30.9 Å². The Balaban J connectivity index is 1.03. The van der Waals surface area contributed by atoms with Crippen molar-refractivity contribution in [2.45, 2.75) is 0 Å². The average molecular weight is 1010 g/mol. The summed E-state index contributed by atoms with van der Waals surface area (Å²) >= 11 is 3.55. The van der Waals surface area contributed by atoms with Crippen molar-refractivity contribution >= 4 is 146 Å². The van der Waals surface area contributed by atoms with Crippen molar-refractivity contribution in [2.24, 2.45) is 0 Å². The summed E-state index contributed by atoms with van der Waals surface area (Å²) < 4.78 is 9.19. The van der Waals surface area contributed by atoms with E-state index in [9.17, 15) is 5.26 Å². The van der Waals surface area contributed by atoms with Gasteiger partial charge in [0.05, 0.1) is 57.0 Å². The Hall–Kier alpha value is -9.96. The van der Waals surface area contributed by atoms with E-state index in [0.717, 1.165) is 87.1 Å². The van der Waals surface area contributed by atoms with Gasteiger partial charge in [0.1, 0.15) is 6.07 Å². The average Bonchev–Trinajstić information content (AvgIpc) is 4.23. The van der Waals surface area contributed by atoms with E-state index in [4.69, 9.17) is 6.57 Å². The highest BCUT2D eigenvalue weighted by atomic mass is 32.1. The molecule has 0 amide bonds. The Labute approximate surface area is 445 Å². The summed E-state index contributed by atoms with van der Waals surface area (Å²) in [5.74, 6) is 0. The maximum Gasteiger partial charge on any atom is 0.212 e. The van der Waals surface area contributed by atoms with Gasteiger partial charge in [0.15, 0.2) is 0 Å². The summed E-state index contributed by atoms with van der Waals surface area (Å²) in [6, 6.07) is 88.0. The first-order chi connectivity index (χ1) is 37.6. The zero-order chi connectivity index (χ0) is 50.4. The van der Waals surface area contributed by atoms with Crippen LogP contribution in [0.3, 0.4) is 0 Å². The van der Waals surface area contributed by atoms with E-state index in [1.54, 1.807) is 22.7 Å². The summed E-state index contributed by atoms with van der Waals surface area (Å²) in [6.07, 6.45) is 0. The van der Waals surface area contributed by atoms with Crippen molar-refractivity contribution in [1.29, 1.82) is 5.26 Å². The third-order valence-corrected chi connectivity index (χ3v) is 17.2. The molecule has 0 aliphatic carbocycles. The fraction of sp³-hybridized carbons (Fsp3) is 0. The minimum absolute atomic E-state index is 0.432. The van der Waals surface area contributed by atoms with E-state index in [1.807, 2.05) is 36.4 Å². The quantitative estimate of drug-likeness (QED) is 0.143. The van der Waals surface area contributed by atoms with Crippen LogP contribution in [0.25, 0.3) is 100 Å². The molecule has 4 heterocycles. The number of anilines is 6. The van der Waals surface area contributed by atoms with Gasteiger partial charge in [0.2, 0.25) is 5.69 Å². The van der Waals surface area contributed by atoms with Crippen LogP contribution in [-0.4, -0.2) is 9.13 Å². The molecule has 0 fully saturated rings. The molecule has 0 unspecified atom stereocenters. The fourth-order valence-corrected chi connectivity index (χ4v) is 13.9. The van der Waals surface area contributed by atoms with E-state index in [2.05, 4.69) is 236 Å². The highest BCUT2D eigenvalue weighted by Crippen LogP contribution is 2.50. The van der Waals surface area contributed by atoms with Gasteiger partial charge in [-0.15, -0.1) is 22.7 Å². The number of nitriles is 1. The number of para-hydroxylation sites is 4. The zero-order valence-electron chi connectivity index (χ0n) is 40.6. The predicted octanol–water partition coefficient (Wildman–Crippen LogP) is 20.0. The maximum absolute atomic E-state index is 11.6. The lowest BCUT2D eigenvalue weighted by Crippen LogP contribution is -2.10. The third kappa shape index (κ3) is 6.62. The van der Waals surface area contributed by atoms with Crippen LogP contribution in [0.5, 0.6) is 0 Å². The molecule has 11 aromatic carbocycles. The predicted molar refractivity (Wildman–Crippen MR) is 321 cm³/mol. The molecular weight excluding hydrogens is 965 g/mol. The normalized spacial score (nSPS) is 11.7. The first-order valence-electron chi connectivity index (χ1n) is 25.2. The first-order valence-corrected chi connectivity index (χ1v) is 26.8. The number of rotatable bonds is 8. The van der Waals surface area contributed by atoms with Crippen LogP contribution < -0.4 is 9.80 Å². The van der Waals surface area contributed by atoms with Gasteiger partial charge in [-0.2, -0.15) is 5.26 Å². The number of benzene rings is 11. The second-order valence-electron chi connectivity index (χ2n) is 19.0. The molecule has 4 aromatic heterocycles. The Morgan fingerprint density at radius 3 is 1.20 bits per heavy atom. The van der Waals surface area contributed by atoms with Gasteiger partial charge in [-0.25, -0.2) is 4.85 Å². The lowest BCUT2D eigenvalue weighted by atomic mass is 10.1. The van der Waals surface area contributed by atoms with Gasteiger partial charge in [-0.05, 0) is 121 Å². The second kappa shape index (κ2) is 17.3. The molecule has 0 atom stereocenters. The molecule has 0 spiro atoms. The van der Waals surface area contributed by atoms with Crippen molar-refractivity contribution < 1.29 is 0 Å². The van der Waals surface area contributed by atoms with Crippen molar-refractivity contribution in [3.8, 4) is 17.4 Å². The number of hydrogen-bond donors (Lipinski definition) is 0. The maximum atomic E-state index is 11.6. The highest BCUT2D eigenvalue weighted by Gasteiger charge is 2.27. The Morgan fingerprint density at radius 1 is 0.368 bits per heavy atom. The molecular formula is C68H40N6S2. The van der Waals surface area contributed by atoms with Gasteiger partial charge < -0.3 is 18.9 Å². The smallest absolute Gasteiger partial charge is 0.212 e. The van der Waals surface area contributed by atoms with Crippen LogP contribution >= 0.6 is 22.7 Å². The third-order valence-electron chi connectivity index (χ3n) is 14.9. The molecule has 15 rings (SSSR count). The molecule has 8 heteroatoms. The molecule has 15 aromatic rings. The van der Waals surface area contributed by atoms with E-state index in [-0.39, 0.29) is 0 Å². The summed E-state index contributed by atoms with van der Waals surface area (Å²) in [7, 11) is 0. The molecule has 0 N–H and O–H groups in total. The van der Waals surface area contributed by atoms with Crippen LogP contribution in [0.4, 0.5) is 39.8 Å². The molecule has 6 nitrogen and oxygen atoms in total. The molecule has 0 saturated heterocycles. The molecule has 354 valence electrons. The van der Waals surface area contributed by atoms with Crippen molar-refractivity contribution in [2.75, 3.05) is 9.80 Å². The van der Waals surface area contributed by atoms with Crippen molar-refractivity contribution in [3.63, 3.8) is 0 Å². The van der Waals surface area contributed by atoms with Crippen LogP contribution in [0.1, 0.15) is 5.56 Å². The molecule has 0 bridgehead atoms. The van der Waals surface area contributed by atoms with E-state index >= 15 is 0 Å². The van der Waals surface area contributed by atoms with Crippen LogP contribution in [0.2, 0.25) is 0 Å². The SMILES string of the molecule is [C-]#[N+]c1cc(-n2c3cc4sc5ccccc5c4cc3c3c(N(c4ccccc4)c4ccccc4)cccc32)c(C#N)cc1-n1c2cc3sc4ccccc4c3cc2c2c(N(c3ccccc3)c3ccccc3)cccc21. The number of fused-ring (bicyclic) bond motifs is 12. The van der Waals surface area contributed by atoms with Gasteiger partial charge >= 0.3 is 0 Å². The zero-order valence-corrected chi connectivity index (χ0v) is 42.2. The van der Waals surface area contributed by atoms with Gasteiger partial charge in [0.25, 0.3) is 0 Å². The molecule has 0 aliphatic rings. The van der Waals surface area contributed by atoms with Gasteiger partial charge in [-0.1, -0.05) is 121 Å². The minimum Gasteiger partial charge on any atom is -0.319 e. The summed E-state index contributed by atoms with van der Waals surface area (Å²) in [4.78, 5) is 9.04. The largest absolute Gasteiger partial charge is 0.319 e.